The zero-order valence-electron chi connectivity index (χ0n) is 21.2. The predicted molar refractivity (Wildman–Crippen MR) is 152 cm³/mol. The molecule has 0 aromatic rings. The number of rotatable bonds is 24. The summed E-state index contributed by atoms with van der Waals surface area (Å²) in [5, 5.41) is -1.76. The minimum Gasteiger partial charge on any atom is -0.264 e. The standard InChI is InChI=1S/C22H41Cl5O8S2/c1-2-3-4-7-11-14-19(24)21(35-37(31,32)33)20(25)16-18(23)13-10-8-5-6-9-12-15-22(26,27)17-34-36(28,29)30/h18-21H,2-17H2,1H3,(H,28,29,30)(H,31,32,33). The van der Waals surface area contributed by atoms with Crippen molar-refractivity contribution in [3.8, 4) is 0 Å². The van der Waals surface area contributed by atoms with Gasteiger partial charge in [0.2, 0.25) is 0 Å². The zero-order chi connectivity index (χ0) is 28.5. The normalized spacial score (nSPS) is 16.4. The molecule has 0 bridgehead atoms. The molecule has 0 saturated heterocycles. The van der Waals surface area contributed by atoms with Crippen LogP contribution in [0.5, 0.6) is 0 Å². The molecule has 15 heteroatoms. The summed E-state index contributed by atoms with van der Waals surface area (Å²) in [7, 11) is -9.29. The molecule has 0 saturated carbocycles. The molecule has 0 fully saturated rings. The minimum atomic E-state index is -4.71. The SMILES string of the molecule is CCCCCCCC(Cl)C(OS(=O)(=O)O)C(Cl)CC(Cl)CCCCCCCCC(Cl)(Cl)COS(=O)(=O)O. The van der Waals surface area contributed by atoms with E-state index in [4.69, 9.17) is 66.7 Å². The van der Waals surface area contributed by atoms with Gasteiger partial charge < -0.3 is 0 Å². The van der Waals surface area contributed by atoms with Crippen LogP contribution >= 0.6 is 58.0 Å². The molecule has 0 amide bonds. The van der Waals surface area contributed by atoms with Gasteiger partial charge in [-0.05, 0) is 25.7 Å². The quantitative estimate of drug-likeness (QED) is 0.0602. The Morgan fingerprint density at radius 3 is 1.78 bits per heavy atom. The van der Waals surface area contributed by atoms with E-state index in [1.807, 2.05) is 0 Å². The topological polar surface area (TPSA) is 127 Å². The van der Waals surface area contributed by atoms with Crippen molar-refractivity contribution < 1.29 is 34.3 Å². The first-order chi connectivity index (χ1) is 17.1. The van der Waals surface area contributed by atoms with Crippen LogP contribution in [0.25, 0.3) is 0 Å². The summed E-state index contributed by atoms with van der Waals surface area (Å²) in [4.78, 5) is 0. The molecule has 0 aliphatic rings. The maximum atomic E-state index is 11.3. The van der Waals surface area contributed by atoms with Crippen molar-refractivity contribution in [2.75, 3.05) is 6.61 Å². The molecule has 0 aromatic carbocycles. The summed E-state index contributed by atoms with van der Waals surface area (Å²) < 4.78 is 69.2. The maximum Gasteiger partial charge on any atom is 0.397 e. The third kappa shape index (κ3) is 23.6. The van der Waals surface area contributed by atoms with Gasteiger partial charge in [-0.25, -0.2) is 8.37 Å². The summed E-state index contributed by atoms with van der Waals surface area (Å²) in [6.07, 6.45) is 11.0. The fourth-order valence-corrected chi connectivity index (χ4v) is 6.64. The van der Waals surface area contributed by atoms with Crippen LogP contribution in [0.3, 0.4) is 0 Å². The van der Waals surface area contributed by atoms with Gasteiger partial charge in [-0.2, -0.15) is 16.8 Å². The molecular formula is C22H41Cl5O8S2. The fourth-order valence-electron chi connectivity index (χ4n) is 3.78. The van der Waals surface area contributed by atoms with Gasteiger partial charge in [0.05, 0.1) is 10.8 Å². The van der Waals surface area contributed by atoms with Crippen molar-refractivity contribution in [1.82, 2.24) is 0 Å². The Kier molecular flexibility index (Phi) is 20.8. The number of hydrogen-bond donors (Lipinski definition) is 2. The summed E-state index contributed by atoms with van der Waals surface area (Å²) in [6, 6.07) is 0. The van der Waals surface area contributed by atoms with Crippen LogP contribution in [0.2, 0.25) is 0 Å². The average molecular weight is 675 g/mol. The zero-order valence-corrected chi connectivity index (χ0v) is 26.6. The van der Waals surface area contributed by atoms with Crippen LogP contribution in [0.4, 0.5) is 0 Å². The summed E-state index contributed by atoms with van der Waals surface area (Å²) in [6.45, 7) is 1.60. The minimum absolute atomic E-state index is 0.279. The van der Waals surface area contributed by atoms with Gasteiger partial charge in [0.25, 0.3) is 0 Å². The Morgan fingerprint density at radius 1 is 0.730 bits per heavy atom. The van der Waals surface area contributed by atoms with Crippen LogP contribution in [-0.4, -0.2) is 59.1 Å². The second kappa shape index (κ2) is 20.1. The van der Waals surface area contributed by atoms with E-state index in [-0.39, 0.29) is 11.8 Å². The van der Waals surface area contributed by atoms with Crippen LogP contribution in [0.15, 0.2) is 0 Å². The lowest BCUT2D eigenvalue weighted by Gasteiger charge is -2.26. The van der Waals surface area contributed by atoms with Crippen LogP contribution in [-0.2, 0) is 29.2 Å². The Bertz CT molecular complexity index is 799. The first-order valence-electron chi connectivity index (χ1n) is 12.6. The summed E-state index contributed by atoms with van der Waals surface area (Å²) >= 11 is 31.2. The second-order valence-electron chi connectivity index (χ2n) is 9.26. The Labute approximate surface area is 248 Å². The molecule has 224 valence electrons. The van der Waals surface area contributed by atoms with Gasteiger partial charge in [0.1, 0.15) is 17.0 Å². The van der Waals surface area contributed by atoms with E-state index in [9.17, 15) is 21.4 Å². The molecule has 0 spiro atoms. The van der Waals surface area contributed by atoms with E-state index in [0.29, 0.717) is 25.7 Å². The van der Waals surface area contributed by atoms with Crippen molar-refractivity contribution in [1.29, 1.82) is 0 Å². The first kappa shape index (κ1) is 38.2. The van der Waals surface area contributed by atoms with E-state index >= 15 is 0 Å². The van der Waals surface area contributed by atoms with Crippen molar-refractivity contribution >= 4 is 78.8 Å². The second-order valence-corrected chi connectivity index (χ2v) is 14.8. The highest BCUT2D eigenvalue weighted by molar-refractivity contribution is 7.81. The number of halogens is 5. The first-order valence-corrected chi connectivity index (χ1v) is 17.4. The van der Waals surface area contributed by atoms with Crippen molar-refractivity contribution in [2.24, 2.45) is 0 Å². The molecule has 0 radical (unpaired) electrons. The lowest BCUT2D eigenvalue weighted by Crippen LogP contribution is -2.37. The third-order valence-corrected chi connectivity index (χ3v) is 8.51. The van der Waals surface area contributed by atoms with Gasteiger partial charge in [0.15, 0.2) is 0 Å². The number of unbranched alkanes of at least 4 members (excludes halogenated alkanes) is 9. The Hall–Kier alpha value is 1.19. The predicted octanol–water partition coefficient (Wildman–Crippen LogP) is 7.86. The van der Waals surface area contributed by atoms with Gasteiger partial charge in [-0.15, -0.1) is 34.8 Å². The van der Waals surface area contributed by atoms with E-state index < -0.39 is 48.6 Å². The van der Waals surface area contributed by atoms with Crippen LogP contribution < -0.4 is 0 Å². The number of alkyl halides is 5. The van der Waals surface area contributed by atoms with Gasteiger partial charge >= 0.3 is 20.8 Å². The van der Waals surface area contributed by atoms with E-state index in [0.717, 1.165) is 64.2 Å². The molecule has 0 rings (SSSR count). The molecule has 0 aromatic heterocycles. The lowest BCUT2D eigenvalue weighted by atomic mass is 10.0. The maximum absolute atomic E-state index is 11.3. The average Bonchev–Trinajstić information content (AvgIpc) is 2.76. The van der Waals surface area contributed by atoms with Gasteiger partial charge in [0, 0.05) is 5.38 Å². The lowest BCUT2D eigenvalue weighted by molar-refractivity contribution is 0.164. The molecule has 0 aliphatic carbocycles. The molecular weight excluding hydrogens is 634 g/mol. The van der Waals surface area contributed by atoms with E-state index in [1.54, 1.807) is 0 Å². The Morgan fingerprint density at radius 2 is 1.24 bits per heavy atom. The fraction of sp³-hybridized carbons (Fsp3) is 1.00. The van der Waals surface area contributed by atoms with E-state index in [2.05, 4.69) is 11.1 Å². The van der Waals surface area contributed by atoms with E-state index in [1.165, 1.54) is 0 Å². The molecule has 4 atom stereocenters. The van der Waals surface area contributed by atoms with Crippen molar-refractivity contribution in [2.45, 2.75) is 130 Å². The molecule has 2 N–H and O–H groups in total. The van der Waals surface area contributed by atoms with Crippen LogP contribution in [0.1, 0.15) is 103 Å². The monoisotopic (exact) mass is 672 g/mol. The third-order valence-electron chi connectivity index (χ3n) is 5.74. The summed E-state index contributed by atoms with van der Waals surface area (Å²) in [5.74, 6) is 0. The van der Waals surface area contributed by atoms with Crippen molar-refractivity contribution in [3.05, 3.63) is 0 Å². The molecule has 37 heavy (non-hydrogen) atoms. The largest absolute Gasteiger partial charge is 0.397 e. The molecule has 4 unspecified atom stereocenters. The van der Waals surface area contributed by atoms with Crippen LogP contribution in [0, 0.1) is 0 Å². The number of hydrogen-bond acceptors (Lipinski definition) is 6. The molecule has 8 nitrogen and oxygen atoms in total. The summed E-state index contributed by atoms with van der Waals surface area (Å²) in [5.41, 5.74) is 0. The highest BCUT2D eigenvalue weighted by Crippen LogP contribution is 2.30. The highest BCUT2D eigenvalue weighted by Gasteiger charge is 2.33. The molecule has 0 heterocycles. The molecule has 0 aliphatic heterocycles. The van der Waals surface area contributed by atoms with Gasteiger partial charge in [-0.3, -0.25) is 9.11 Å². The Balaban J connectivity index is 4.26. The highest BCUT2D eigenvalue weighted by atomic mass is 35.5. The smallest absolute Gasteiger partial charge is 0.264 e. The van der Waals surface area contributed by atoms with Gasteiger partial charge in [-0.1, -0.05) is 101 Å². The van der Waals surface area contributed by atoms with Crippen molar-refractivity contribution in [3.63, 3.8) is 0 Å².